The smallest absolute Gasteiger partial charge is 0.258 e. The molecule has 3 rings (SSSR count). The highest BCUT2D eigenvalue weighted by molar-refractivity contribution is 9.10. The van der Waals surface area contributed by atoms with Crippen LogP contribution in [0, 0.1) is 10.1 Å². The number of nitrogens with zero attached hydrogens (tertiary/aromatic N) is 1. The lowest BCUT2D eigenvalue weighted by Gasteiger charge is -2.20. The molecule has 23 heavy (non-hydrogen) atoms. The molecule has 1 saturated carbocycles. The summed E-state index contributed by atoms with van der Waals surface area (Å²) < 4.78 is 1.12. The minimum atomic E-state index is -0.349. The molecule has 2 aromatic rings. The van der Waals surface area contributed by atoms with Crippen molar-refractivity contribution >= 4 is 21.6 Å². The number of hydrogen-bond donors (Lipinski definition) is 0. The van der Waals surface area contributed by atoms with Gasteiger partial charge in [-0.05, 0) is 52.5 Å². The van der Waals surface area contributed by atoms with E-state index in [-0.39, 0.29) is 16.0 Å². The summed E-state index contributed by atoms with van der Waals surface area (Å²) in [6.07, 6.45) is 1.11. The van der Waals surface area contributed by atoms with Crippen LogP contribution in [0.25, 0.3) is 0 Å². The zero-order valence-corrected chi connectivity index (χ0v) is 15.1. The Morgan fingerprint density at radius 2 is 1.65 bits per heavy atom. The summed E-state index contributed by atoms with van der Waals surface area (Å²) in [6.45, 7) is 6.66. The summed E-state index contributed by atoms with van der Waals surface area (Å²) in [5.74, 6) is 0.980. The Balaban J connectivity index is 1.83. The normalized spacial score (nSPS) is 20.3. The van der Waals surface area contributed by atoms with Crippen molar-refractivity contribution in [2.24, 2.45) is 0 Å². The Morgan fingerprint density at radius 3 is 2.22 bits per heavy atom. The van der Waals surface area contributed by atoms with Crippen LogP contribution in [0.15, 0.2) is 46.9 Å². The average molecular weight is 374 g/mol. The molecule has 4 heteroatoms. The Morgan fingerprint density at radius 1 is 1.04 bits per heavy atom. The summed E-state index contributed by atoms with van der Waals surface area (Å²) in [5.41, 5.74) is 4.15. The summed E-state index contributed by atoms with van der Waals surface area (Å²) in [7, 11) is 0. The second-order valence-corrected chi connectivity index (χ2v) is 8.24. The lowest BCUT2D eigenvalue weighted by molar-refractivity contribution is -0.384. The molecule has 1 aliphatic rings. The maximum absolute atomic E-state index is 10.8. The third kappa shape index (κ3) is 3.47. The third-order valence-electron chi connectivity index (χ3n) is 4.54. The molecule has 2 atom stereocenters. The van der Waals surface area contributed by atoms with Crippen LogP contribution in [0.2, 0.25) is 0 Å². The van der Waals surface area contributed by atoms with Crippen molar-refractivity contribution < 1.29 is 4.92 Å². The molecule has 0 radical (unpaired) electrons. The number of nitro groups is 1. The van der Waals surface area contributed by atoms with E-state index in [0.29, 0.717) is 11.8 Å². The molecule has 0 saturated heterocycles. The van der Waals surface area contributed by atoms with E-state index >= 15 is 0 Å². The maximum atomic E-state index is 10.8. The first kappa shape index (κ1) is 16.2. The fourth-order valence-electron chi connectivity index (χ4n) is 3.03. The molecule has 3 nitrogen and oxygen atoms in total. The van der Waals surface area contributed by atoms with E-state index in [1.165, 1.54) is 16.7 Å². The quantitative estimate of drug-likeness (QED) is 0.494. The average Bonchev–Trinajstić information content (AvgIpc) is 3.26. The number of non-ortho nitro benzene ring substituents is 1. The van der Waals surface area contributed by atoms with Gasteiger partial charge in [0.1, 0.15) is 0 Å². The SMILES string of the molecule is CC(C)(C)c1cc(Br)cc(C2CC2c2ccc([N+](=O)[O-])cc2)c1. The molecular formula is C19H20BrNO2. The molecule has 0 aromatic heterocycles. The summed E-state index contributed by atoms with van der Waals surface area (Å²) in [6, 6.07) is 13.7. The topological polar surface area (TPSA) is 43.1 Å². The predicted octanol–water partition coefficient (Wildman–Crippen LogP) is 5.93. The van der Waals surface area contributed by atoms with Crippen LogP contribution >= 0.6 is 15.9 Å². The van der Waals surface area contributed by atoms with Crippen LogP contribution in [0.5, 0.6) is 0 Å². The van der Waals surface area contributed by atoms with Gasteiger partial charge in [-0.3, -0.25) is 10.1 Å². The third-order valence-corrected chi connectivity index (χ3v) is 4.99. The Labute approximate surface area is 145 Å². The fraction of sp³-hybridized carbons (Fsp3) is 0.368. The summed E-state index contributed by atoms with van der Waals surface area (Å²) >= 11 is 3.63. The number of halogens is 1. The first-order valence-corrected chi connectivity index (χ1v) is 8.60. The van der Waals surface area contributed by atoms with Crippen molar-refractivity contribution in [2.75, 3.05) is 0 Å². The molecule has 0 aliphatic heterocycles. The van der Waals surface area contributed by atoms with Crippen LogP contribution in [0.4, 0.5) is 5.69 Å². The van der Waals surface area contributed by atoms with Crippen molar-refractivity contribution in [2.45, 2.75) is 44.4 Å². The van der Waals surface area contributed by atoms with Crippen molar-refractivity contribution in [1.82, 2.24) is 0 Å². The predicted molar refractivity (Wildman–Crippen MR) is 96.0 cm³/mol. The van der Waals surface area contributed by atoms with Gasteiger partial charge < -0.3 is 0 Å². The van der Waals surface area contributed by atoms with Crippen LogP contribution < -0.4 is 0 Å². The van der Waals surface area contributed by atoms with E-state index in [0.717, 1.165) is 10.9 Å². The van der Waals surface area contributed by atoms with Crippen LogP contribution in [-0.4, -0.2) is 4.92 Å². The van der Waals surface area contributed by atoms with E-state index in [1.54, 1.807) is 12.1 Å². The van der Waals surface area contributed by atoms with E-state index in [1.807, 2.05) is 12.1 Å². The van der Waals surface area contributed by atoms with E-state index < -0.39 is 0 Å². The van der Waals surface area contributed by atoms with Crippen LogP contribution in [0.1, 0.15) is 55.7 Å². The second kappa shape index (κ2) is 5.75. The van der Waals surface area contributed by atoms with Crippen LogP contribution in [0.3, 0.4) is 0 Å². The van der Waals surface area contributed by atoms with Gasteiger partial charge in [0.15, 0.2) is 0 Å². The molecule has 0 N–H and O–H groups in total. The van der Waals surface area contributed by atoms with Gasteiger partial charge in [0, 0.05) is 16.6 Å². The van der Waals surface area contributed by atoms with E-state index in [9.17, 15) is 10.1 Å². The molecule has 1 aliphatic carbocycles. The van der Waals surface area contributed by atoms with Crippen molar-refractivity contribution in [3.8, 4) is 0 Å². The molecule has 0 bridgehead atoms. The van der Waals surface area contributed by atoms with Gasteiger partial charge in [0.2, 0.25) is 0 Å². The summed E-state index contributed by atoms with van der Waals surface area (Å²) in [4.78, 5) is 10.4. The first-order valence-electron chi connectivity index (χ1n) is 7.81. The lowest BCUT2D eigenvalue weighted by Crippen LogP contribution is -2.11. The number of rotatable bonds is 3. The lowest BCUT2D eigenvalue weighted by atomic mass is 9.85. The number of nitro benzene ring substituents is 1. The number of benzene rings is 2. The Kier molecular flexibility index (Phi) is 4.05. The van der Waals surface area contributed by atoms with Crippen LogP contribution in [-0.2, 0) is 5.41 Å². The summed E-state index contributed by atoms with van der Waals surface area (Å²) in [5, 5.41) is 10.8. The zero-order chi connectivity index (χ0) is 16.8. The highest BCUT2D eigenvalue weighted by Gasteiger charge is 2.40. The van der Waals surface area contributed by atoms with E-state index in [2.05, 4.69) is 54.9 Å². The fourth-order valence-corrected chi connectivity index (χ4v) is 3.55. The van der Waals surface area contributed by atoms with Gasteiger partial charge in [-0.15, -0.1) is 0 Å². The molecule has 2 unspecified atom stereocenters. The van der Waals surface area contributed by atoms with Gasteiger partial charge in [-0.1, -0.05) is 54.9 Å². The van der Waals surface area contributed by atoms with E-state index in [4.69, 9.17) is 0 Å². The number of hydrogen-bond acceptors (Lipinski definition) is 2. The van der Waals surface area contributed by atoms with Crippen molar-refractivity contribution in [1.29, 1.82) is 0 Å². The van der Waals surface area contributed by atoms with Crippen molar-refractivity contribution in [3.05, 3.63) is 73.7 Å². The highest BCUT2D eigenvalue weighted by atomic mass is 79.9. The highest BCUT2D eigenvalue weighted by Crippen LogP contribution is 2.55. The van der Waals surface area contributed by atoms with Gasteiger partial charge in [-0.25, -0.2) is 0 Å². The second-order valence-electron chi connectivity index (χ2n) is 7.32. The molecule has 0 spiro atoms. The molecule has 2 aromatic carbocycles. The van der Waals surface area contributed by atoms with Gasteiger partial charge in [-0.2, -0.15) is 0 Å². The van der Waals surface area contributed by atoms with Gasteiger partial charge in [0.05, 0.1) is 4.92 Å². The zero-order valence-electron chi connectivity index (χ0n) is 13.5. The standard InChI is InChI=1S/C19H20BrNO2/c1-19(2,3)14-8-13(9-15(20)10-14)18-11-17(18)12-4-6-16(7-5-12)21(22)23/h4-10,17-18H,11H2,1-3H3. The Hall–Kier alpha value is -1.68. The minimum Gasteiger partial charge on any atom is -0.258 e. The first-order chi connectivity index (χ1) is 10.8. The largest absolute Gasteiger partial charge is 0.269 e. The molecule has 0 heterocycles. The molecule has 1 fully saturated rings. The van der Waals surface area contributed by atoms with Crippen molar-refractivity contribution in [3.63, 3.8) is 0 Å². The molecular weight excluding hydrogens is 354 g/mol. The van der Waals surface area contributed by atoms with Gasteiger partial charge in [0.25, 0.3) is 5.69 Å². The Bertz CT molecular complexity index is 747. The minimum absolute atomic E-state index is 0.121. The molecule has 120 valence electrons. The monoisotopic (exact) mass is 373 g/mol. The van der Waals surface area contributed by atoms with Gasteiger partial charge >= 0.3 is 0 Å². The molecule has 0 amide bonds. The maximum Gasteiger partial charge on any atom is 0.269 e.